The van der Waals surface area contributed by atoms with E-state index < -0.39 is 0 Å². The van der Waals surface area contributed by atoms with E-state index in [1.807, 2.05) is 24.4 Å². The zero-order valence-electron chi connectivity index (χ0n) is 11.0. The summed E-state index contributed by atoms with van der Waals surface area (Å²) in [5, 5.41) is 0. The molecule has 2 rings (SSSR count). The van der Waals surface area contributed by atoms with Crippen LogP contribution >= 0.6 is 0 Å². The number of para-hydroxylation sites is 1. The van der Waals surface area contributed by atoms with E-state index >= 15 is 0 Å². The van der Waals surface area contributed by atoms with Crippen molar-refractivity contribution in [1.82, 2.24) is 4.98 Å². The highest BCUT2D eigenvalue weighted by atomic mass is 16.5. The fourth-order valence-corrected chi connectivity index (χ4v) is 1.91. The van der Waals surface area contributed by atoms with Crippen LogP contribution in [0, 0.1) is 0 Å². The lowest BCUT2D eigenvalue weighted by Crippen LogP contribution is -2.04. The molecule has 1 aromatic heterocycles. The summed E-state index contributed by atoms with van der Waals surface area (Å²) in [4.78, 5) is 4.10. The van der Waals surface area contributed by atoms with E-state index in [1.165, 1.54) is 11.1 Å². The highest BCUT2D eigenvalue weighted by molar-refractivity contribution is 5.35. The maximum atomic E-state index is 5.87. The Morgan fingerprint density at radius 2 is 1.94 bits per heavy atom. The molecule has 1 heterocycles. The fourth-order valence-electron chi connectivity index (χ4n) is 1.91. The lowest BCUT2D eigenvalue weighted by molar-refractivity contribution is 0.317. The molecule has 18 heavy (non-hydrogen) atoms. The maximum absolute atomic E-state index is 5.87. The van der Waals surface area contributed by atoms with Crippen LogP contribution in [-0.4, -0.2) is 11.6 Å². The Morgan fingerprint density at radius 3 is 2.67 bits per heavy atom. The number of aromatic nitrogens is 1. The minimum absolute atomic E-state index is 0.486. The van der Waals surface area contributed by atoms with E-state index in [4.69, 9.17) is 4.74 Å². The molecule has 0 fully saturated rings. The number of hydrogen-bond donors (Lipinski definition) is 0. The van der Waals surface area contributed by atoms with Gasteiger partial charge in [0.05, 0.1) is 6.61 Å². The Kier molecular flexibility index (Phi) is 4.35. The molecule has 0 amide bonds. The summed E-state index contributed by atoms with van der Waals surface area (Å²) in [5.74, 6) is 1.48. The van der Waals surface area contributed by atoms with Gasteiger partial charge in [-0.05, 0) is 29.2 Å². The minimum Gasteiger partial charge on any atom is -0.493 e. The third-order valence-corrected chi connectivity index (χ3v) is 2.91. The van der Waals surface area contributed by atoms with Crippen LogP contribution < -0.4 is 4.74 Å². The van der Waals surface area contributed by atoms with Crippen molar-refractivity contribution < 1.29 is 4.74 Å². The molecule has 0 saturated heterocycles. The molecule has 2 heteroatoms. The van der Waals surface area contributed by atoms with Crippen molar-refractivity contribution >= 4 is 0 Å². The van der Waals surface area contributed by atoms with Gasteiger partial charge in [0.1, 0.15) is 5.75 Å². The Balaban J connectivity index is 1.94. The first-order chi connectivity index (χ1) is 8.77. The SMILES string of the molecule is CC(C)c1ccccc1OCCc1cccnc1. The average molecular weight is 241 g/mol. The number of pyridine rings is 1. The summed E-state index contributed by atoms with van der Waals surface area (Å²) in [6.07, 6.45) is 4.57. The lowest BCUT2D eigenvalue weighted by atomic mass is 10.0. The summed E-state index contributed by atoms with van der Waals surface area (Å²) in [7, 11) is 0. The molecule has 0 aliphatic heterocycles. The van der Waals surface area contributed by atoms with Gasteiger partial charge in [0, 0.05) is 18.8 Å². The van der Waals surface area contributed by atoms with Gasteiger partial charge in [-0.25, -0.2) is 0 Å². The molecule has 0 saturated carbocycles. The van der Waals surface area contributed by atoms with Gasteiger partial charge in [-0.1, -0.05) is 38.1 Å². The average Bonchev–Trinajstić information content (AvgIpc) is 2.40. The van der Waals surface area contributed by atoms with Crippen LogP contribution in [0.1, 0.15) is 30.9 Å². The van der Waals surface area contributed by atoms with Gasteiger partial charge in [0.2, 0.25) is 0 Å². The van der Waals surface area contributed by atoms with Crippen LogP contribution in [0.4, 0.5) is 0 Å². The van der Waals surface area contributed by atoms with Gasteiger partial charge in [-0.15, -0.1) is 0 Å². The summed E-state index contributed by atoms with van der Waals surface area (Å²) < 4.78 is 5.87. The Morgan fingerprint density at radius 1 is 1.11 bits per heavy atom. The first kappa shape index (κ1) is 12.6. The quantitative estimate of drug-likeness (QED) is 0.793. The lowest BCUT2D eigenvalue weighted by Gasteiger charge is -2.13. The smallest absolute Gasteiger partial charge is 0.122 e. The monoisotopic (exact) mass is 241 g/mol. The van der Waals surface area contributed by atoms with Gasteiger partial charge in [0.25, 0.3) is 0 Å². The third kappa shape index (κ3) is 3.33. The Labute approximate surface area is 109 Å². The van der Waals surface area contributed by atoms with Crippen molar-refractivity contribution in [3.63, 3.8) is 0 Å². The van der Waals surface area contributed by atoms with E-state index in [9.17, 15) is 0 Å². The Hall–Kier alpha value is -1.83. The van der Waals surface area contributed by atoms with Crippen LogP contribution in [0.2, 0.25) is 0 Å². The molecular formula is C16H19NO. The van der Waals surface area contributed by atoms with Crippen molar-refractivity contribution in [1.29, 1.82) is 0 Å². The van der Waals surface area contributed by atoms with Gasteiger partial charge >= 0.3 is 0 Å². The normalized spacial score (nSPS) is 10.6. The van der Waals surface area contributed by atoms with Gasteiger partial charge < -0.3 is 4.74 Å². The van der Waals surface area contributed by atoms with E-state index in [0.717, 1.165) is 12.2 Å². The largest absolute Gasteiger partial charge is 0.493 e. The molecule has 0 atom stereocenters. The molecule has 2 aromatic rings. The highest BCUT2D eigenvalue weighted by Crippen LogP contribution is 2.25. The van der Waals surface area contributed by atoms with Crippen LogP contribution in [-0.2, 0) is 6.42 Å². The van der Waals surface area contributed by atoms with Crippen LogP contribution in [0.3, 0.4) is 0 Å². The predicted molar refractivity (Wildman–Crippen MR) is 74.0 cm³/mol. The molecule has 2 nitrogen and oxygen atoms in total. The van der Waals surface area contributed by atoms with Gasteiger partial charge in [-0.3, -0.25) is 4.98 Å². The number of ether oxygens (including phenoxy) is 1. The van der Waals surface area contributed by atoms with Crippen molar-refractivity contribution in [3.8, 4) is 5.75 Å². The predicted octanol–water partition coefficient (Wildman–Crippen LogP) is 3.83. The second-order valence-electron chi connectivity index (χ2n) is 4.65. The number of benzene rings is 1. The maximum Gasteiger partial charge on any atom is 0.122 e. The van der Waals surface area contributed by atoms with Crippen LogP contribution in [0.25, 0.3) is 0 Å². The summed E-state index contributed by atoms with van der Waals surface area (Å²) >= 11 is 0. The molecular weight excluding hydrogens is 222 g/mol. The molecule has 0 radical (unpaired) electrons. The molecule has 0 bridgehead atoms. The number of rotatable bonds is 5. The van der Waals surface area contributed by atoms with E-state index in [1.54, 1.807) is 6.20 Å². The van der Waals surface area contributed by atoms with E-state index in [0.29, 0.717) is 12.5 Å². The molecule has 0 aliphatic carbocycles. The molecule has 94 valence electrons. The van der Waals surface area contributed by atoms with Crippen molar-refractivity contribution in [3.05, 3.63) is 59.9 Å². The molecule has 0 N–H and O–H groups in total. The van der Waals surface area contributed by atoms with E-state index in [-0.39, 0.29) is 0 Å². The fraction of sp³-hybridized carbons (Fsp3) is 0.312. The number of hydrogen-bond acceptors (Lipinski definition) is 2. The first-order valence-corrected chi connectivity index (χ1v) is 6.38. The molecule has 1 aromatic carbocycles. The number of nitrogens with zero attached hydrogens (tertiary/aromatic N) is 1. The standard InChI is InChI=1S/C16H19NO/c1-13(2)15-7-3-4-8-16(15)18-11-9-14-6-5-10-17-12-14/h3-8,10,12-13H,9,11H2,1-2H3. The zero-order chi connectivity index (χ0) is 12.8. The minimum atomic E-state index is 0.486. The van der Waals surface area contributed by atoms with Crippen molar-refractivity contribution in [2.24, 2.45) is 0 Å². The summed E-state index contributed by atoms with van der Waals surface area (Å²) in [6, 6.07) is 12.3. The second-order valence-corrected chi connectivity index (χ2v) is 4.65. The highest BCUT2D eigenvalue weighted by Gasteiger charge is 2.06. The van der Waals surface area contributed by atoms with Gasteiger partial charge in [0.15, 0.2) is 0 Å². The third-order valence-electron chi connectivity index (χ3n) is 2.91. The second kappa shape index (κ2) is 6.20. The van der Waals surface area contributed by atoms with Crippen molar-refractivity contribution in [2.75, 3.05) is 6.61 Å². The zero-order valence-corrected chi connectivity index (χ0v) is 11.0. The van der Waals surface area contributed by atoms with E-state index in [2.05, 4.69) is 37.0 Å². The van der Waals surface area contributed by atoms with Crippen molar-refractivity contribution in [2.45, 2.75) is 26.2 Å². The summed E-state index contributed by atoms with van der Waals surface area (Å²) in [6.45, 7) is 5.06. The molecule has 0 spiro atoms. The topological polar surface area (TPSA) is 22.1 Å². The first-order valence-electron chi connectivity index (χ1n) is 6.38. The van der Waals surface area contributed by atoms with Gasteiger partial charge in [-0.2, -0.15) is 0 Å². The molecule has 0 aliphatic rings. The molecule has 0 unspecified atom stereocenters. The Bertz CT molecular complexity index is 479. The van der Waals surface area contributed by atoms with Crippen LogP contribution in [0.15, 0.2) is 48.8 Å². The summed E-state index contributed by atoms with van der Waals surface area (Å²) in [5.41, 5.74) is 2.48. The van der Waals surface area contributed by atoms with Crippen LogP contribution in [0.5, 0.6) is 5.75 Å².